The van der Waals surface area contributed by atoms with Crippen molar-refractivity contribution in [3.8, 4) is 0 Å². The Bertz CT molecular complexity index is 258. The van der Waals surface area contributed by atoms with Crippen molar-refractivity contribution in [2.75, 3.05) is 33.5 Å². The number of rotatable bonds is 8. The van der Waals surface area contributed by atoms with E-state index in [-0.39, 0.29) is 17.9 Å². The maximum absolute atomic E-state index is 11.4. The second kappa shape index (κ2) is 8.16. The van der Waals surface area contributed by atoms with Crippen molar-refractivity contribution in [1.29, 1.82) is 0 Å². The molecule has 1 atom stereocenters. The Morgan fingerprint density at radius 3 is 2.88 bits per heavy atom. The highest BCUT2D eigenvalue weighted by Crippen LogP contribution is 2.03. The molecule has 6 nitrogen and oxygen atoms in total. The molecule has 6 heteroatoms. The summed E-state index contributed by atoms with van der Waals surface area (Å²) >= 11 is 0. The van der Waals surface area contributed by atoms with Crippen LogP contribution in [0.1, 0.15) is 19.3 Å². The number of methoxy groups -OCH3 is 1. The molecule has 17 heavy (non-hydrogen) atoms. The Morgan fingerprint density at radius 1 is 1.35 bits per heavy atom. The lowest BCUT2D eigenvalue weighted by Crippen LogP contribution is -2.51. The van der Waals surface area contributed by atoms with Crippen LogP contribution in [0.25, 0.3) is 0 Å². The third-order valence-electron chi connectivity index (χ3n) is 2.51. The van der Waals surface area contributed by atoms with Crippen molar-refractivity contribution >= 4 is 11.8 Å². The molecule has 1 rings (SSSR count). The normalized spacial score (nSPS) is 20.4. The molecule has 0 aromatic carbocycles. The van der Waals surface area contributed by atoms with E-state index in [1.165, 1.54) is 0 Å². The van der Waals surface area contributed by atoms with Crippen LogP contribution in [0.4, 0.5) is 0 Å². The highest BCUT2D eigenvalue weighted by Gasteiger charge is 2.25. The molecule has 1 heterocycles. The Hall–Kier alpha value is -0.980. The van der Waals surface area contributed by atoms with Gasteiger partial charge in [-0.3, -0.25) is 14.9 Å². The van der Waals surface area contributed by atoms with Gasteiger partial charge in [0.25, 0.3) is 0 Å². The zero-order valence-electron chi connectivity index (χ0n) is 10.2. The van der Waals surface area contributed by atoms with Crippen LogP contribution in [0.3, 0.4) is 0 Å². The van der Waals surface area contributed by atoms with E-state index < -0.39 is 0 Å². The smallest absolute Gasteiger partial charge is 0.243 e. The highest BCUT2D eigenvalue weighted by molar-refractivity contribution is 6.00. The first kappa shape index (κ1) is 14.1. The van der Waals surface area contributed by atoms with E-state index in [0.29, 0.717) is 39.2 Å². The third-order valence-corrected chi connectivity index (χ3v) is 2.51. The zero-order valence-corrected chi connectivity index (χ0v) is 10.2. The molecule has 0 spiro atoms. The van der Waals surface area contributed by atoms with Gasteiger partial charge in [-0.15, -0.1) is 0 Å². The second-order valence-corrected chi connectivity index (χ2v) is 3.92. The first-order valence-corrected chi connectivity index (χ1v) is 5.88. The topological polar surface area (TPSA) is 76.7 Å². The molecular weight excluding hydrogens is 224 g/mol. The summed E-state index contributed by atoms with van der Waals surface area (Å²) in [5, 5.41) is 5.36. The summed E-state index contributed by atoms with van der Waals surface area (Å²) in [5.41, 5.74) is 0. The van der Waals surface area contributed by atoms with E-state index in [0.717, 1.165) is 6.42 Å². The van der Waals surface area contributed by atoms with Gasteiger partial charge in [0.05, 0.1) is 12.6 Å². The summed E-state index contributed by atoms with van der Waals surface area (Å²) in [7, 11) is 1.66. The molecule has 1 fully saturated rings. The second-order valence-electron chi connectivity index (χ2n) is 3.92. The molecule has 1 aliphatic heterocycles. The van der Waals surface area contributed by atoms with Gasteiger partial charge in [0.2, 0.25) is 11.8 Å². The zero-order chi connectivity index (χ0) is 12.5. The maximum Gasteiger partial charge on any atom is 0.243 e. The Kier molecular flexibility index (Phi) is 6.76. The van der Waals surface area contributed by atoms with Crippen LogP contribution in [0, 0.1) is 0 Å². The lowest BCUT2D eigenvalue weighted by atomic mass is 10.1. The molecule has 1 saturated heterocycles. The molecule has 0 radical (unpaired) electrons. The lowest BCUT2D eigenvalue weighted by Gasteiger charge is -2.21. The fourth-order valence-electron chi connectivity index (χ4n) is 1.60. The quantitative estimate of drug-likeness (QED) is 0.442. The van der Waals surface area contributed by atoms with Gasteiger partial charge in [0.15, 0.2) is 0 Å². The van der Waals surface area contributed by atoms with Crippen LogP contribution in [0.5, 0.6) is 0 Å². The molecule has 0 aliphatic carbocycles. The Balaban J connectivity index is 1.99. The number of piperidine rings is 1. The monoisotopic (exact) mass is 244 g/mol. The van der Waals surface area contributed by atoms with Crippen LogP contribution >= 0.6 is 0 Å². The number of carbonyl (C=O) groups excluding carboxylic acids is 2. The summed E-state index contributed by atoms with van der Waals surface area (Å²) in [4.78, 5) is 22.3. The molecule has 1 unspecified atom stereocenters. The molecule has 0 saturated carbocycles. The van der Waals surface area contributed by atoms with E-state index in [2.05, 4.69) is 10.6 Å². The fourth-order valence-corrected chi connectivity index (χ4v) is 1.60. The Labute approximate surface area is 101 Å². The van der Waals surface area contributed by atoms with E-state index in [4.69, 9.17) is 9.47 Å². The van der Waals surface area contributed by atoms with Gasteiger partial charge >= 0.3 is 0 Å². The number of hydrogen-bond acceptors (Lipinski definition) is 5. The van der Waals surface area contributed by atoms with Crippen LogP contribution in [0.15, 0.2) is 0 Å². The molecule has 2 amide bonds. The molecule has 2 N–H and O–H groups in total. The van der Waals surface area contributed by atoms with Crippen molar-refractivity contribution in [2.45, 2.75) is 25.3 Å². The molecule has 1 aliphatic rings. The maximum atomic E-state index is 11.4. The largest absolute Gasteiger partial charge is 0.385 e. The third kappa shape index (κ3) is 5.76. The van der Waals surface area contributed by atoms with Crippen LogP contribution in [-0.4, -0.2) is 51.3 Å². The number of amides is 2. The summed E-state index contributed by atoms with van der Waals surface area (Å²) in [5.74, 6) is -0.426. The number of imide groups is 1. The minimum absolute atomic E-state index is 0.191. The van der Waals surface area contributed by atoms with Crippen LogP contribution in [0.2, 0.25) is 0 Å². The molecular formula is C11H20N2O4. The first-order chi connectivity index (χ1) is 8.24. The Morgan fingerprint density at radius 2 is 2.18 bits per heavy atom. The summed E-state index contributed by atoms with van der Waals surface area (Å²) in [6.45, 7) is 2.52. The van der Waals surface area contributed by atoms with Gasteiger partial charge in [0, 0.05) is 33.3 Å². The van der Waals surface area contributed by atoms with Crippen LogP contribution in [-0.2, 0) is 19.1 Å². The van der Waals surface area contributed by atoms with E-state index in [1.54, 1.807) is 7.11 Å². The van der Waals surface area contributed by atoms with E-state index in [1.807, 2.05) is 0 Å². The van der Waals surface area contributed by atoms with E-state index >= 15 is 0 Å². The molecule has 0 aromatic heterocycles. The predicted molar refractivity (Wildman–Crippen MR) is 61.5 cm³/mol. The van der Waals surface area contributed by atoms with Gasteiger partial charge in [-0.05, 0) is 12.8 Å². The number of nitrogens with one attached hydrogen (secondary N) is 2. The molecule has 98 valence electrons. The van der Waals surface area contributed by atoms with Crippen molar-refractivity contribution in [3.05, 3.63) is 0 Å². The SMILES string of the molecule is COCCCOCCNC1CCC(=O)NC1=O. The van der Waals surface area contributed by atoms with Crippen molar-refractivity contribution < 1.29 is 19.1 Å². The summed E-state index contributed by atoms with van der Waals surface area (Å²) in [6, 6.07) is -0.268. The minimum Gasteiger partial charge on any atom is -0.385 e. The van der Waals surface area contributed by atoms with Gasteiger partial charge in [-0.2, -0.15) is 0 Å². The molecule has 0 aromatic rings. The van der Waals surface area contributed by atoms with Crippen LogP contribution < -0.4 is 10.6 Å². The standard InChI is InChI=1S/C11H20N2O4/c1-16-6-2-7-17-8-5-12-9-3-4-10(14)13-11(9)15/h9,12H,2-8H2,1H3,(H,13,14,15). The summed E-state index contributed by atoms with van der Waals surface area (Å²) < 4.78 is 10.2. The fraction of sp³-hybridized carbons (Fsp3) is 0.818. The van der Waals surface area contributed by atoms with Gasteiger partial charge < -0.3 is 14.8 Å². The highest BCUT2D eigenvalue weighted by atomic mass is 16.5. The average Bonchev–Trinajstić information content (AvgIpc) is 2.30. The first-order valence-electron chi connectivity index (χ1n) is 5.88. The van der Waals surface area contributed by atoms with Gasteiger partial charge in [-0.25, -0.2) is 0 Å². The number of ether oxygens (including phenoxy) is 2. The van der Waals surface area contributed by atoms with Crippen molar-refractivity contribution in [1.82, 2.24) is 10.6 Å². The van der Waals surface area contributed by atoms with Crippen molar-refractivity contribution in [2.24, 2.45) is 0 Å². The average molecular weight is 244 g/mol. The molecule has 0 bridgehead atoms. The minimum atomic E-state index is -0.268. The summed E-state index contributed by atoms with van der Waals surface area (Å²) in [6.07, 6.45) is 1.83. The number of carbonyl (C=O) groups is 2. The lowest BCUT2D eigenvalue weighted by molar-refractivity contribution is -0.134. The number of hydrogen-bond donors (Lipinski definition) is 2. The van der Waals surface area contributed by atoms with Gasteiger partial charge in [0.1, 0.15) is 0 Å². The predicted octanol–water partition coefficient (Wildman–Crippen LogP) is -0.566. The van der Waals surface area contributed by atoms with Crippen molar-refractivity contribution in [3.63, 3.8) is 0 Å². The van der Waals surface area contributed by atoms with E-state index in [9.17, 15) is 9.59 Å². The van der Waals surface area contributed by atoms with Gasteiger partial charge in [-0.1, -0.05) is 0 Å².